The lowest BCUT2D eigenvalue weighted by Gasteiger charge is -2.17. The molecule has 0 saturated carbocycles. The van der Waals surface area contributed by atoms with Crippen LogP contribution in [0.1, 0.15) is 35.0 Å². The number of nitrogens with one attached hydrogen (secondary N) is 2. The van der Waals surface area contributed by atoms with Gasteiger partial charge in [-0.3, -0.25) is 14.4 Å². The topological polar surface area (TPSA) is 125 Å². The van der Waals surface area contributed by atoms with Crippen LogP contribution in [0.5, 0.6) is 0 Å². The molecular formula is C22H20N4O4S. The number of thiophene rings is 1. The zero-order valence-electron chi connectivity index (χ0n) is 16.9. The summed E-state index contributed by atoms with van der Waals surface area (Å²) >= 11 is 1.42. The number of hydrogen-bond acceptors (Lipinski definition) is 7. The summed E-state index contributed by atoms with van der Waals surface area (Å²) in [6, 6.07) is 9.02. The van der Waals surface area contributed by atoms with E-state index in [-0.39, 0.29) is 12.0 Å². The van der Waals surface area contributed by atoms with Crippen molar-refractivity contribution in [1.82, 2.24) is 10.2 Å². The fourth-order valence-electron chi connectivity index (χ4n) is 3.76. The van der Waals surface area contributed by atoms with E-state index in [0.29, 0.717) is 32.9 Å². The highest BCUT2D eigenvalue weighted by molar-refractivity contribution is 7.16. The zero-order chi connectivity index (χ0) is 22.0. The first-order valence-electron chi connectivity index (χ1n) is 9.92. The quantitative estimate of drug-likeness (QED) is 0.593. The smallest absolute Gasteiger partial charge is 0.312 e. The second kappa shape index (κ2) is 8.70. The van der Waals surface area contributed by atoms with Crippen molar-refractivity contribution >= 4 is 39.0 Å². The van der Waals surface area contributed by atoms with Gasteiger partial charge in [0, 0.05) is 10.3 Å². The highest BCUT2D eigenvalue weighted by Gasteiger charge is 2.25. The molecule has 2 aromatic heterocycles. The minimum absolute atomic E-state index is 0.181. The third kappa shape index (κ3) is 4.34. The molecular weight excluding hydrogens is 416 g/mol. The van der Waals surface area contributed by atoms with Gasteiger partial charge in [0.25, 0.3) is 11.5 Å². The fourth-order valence-corrected chi connectivity index (χ4v) is 5.14. The number of hydrogen-bond donors (Lipinski definition) is 2. The van der Waals surface area contributed by atoms with Crippen molar-refractivity contribution in [3.05, 3.63) is 56.3 Å². The van der Waals surface area contributed by atoms with Crippen molar-refractivity contribution in [2.45, 2.75) is 32.6 Å². The van der Waals surface area contributed by atoms with E-state index in [2.05, 4.69) is 28.5 Å². The molecule has 0 bridgehead atoms. The van der Waals surface area contributed by atoms with Gasteiger partial charge in [-0.15, -0.1) is 11.3 Å². The van der Waals surface area contributed by atoms with Crippen LogP contribution in [0.2, 0.25) is 0 Å². The zero-order valence-corrected chi connectivity index (χ0v) is 17.7. The Balaban J connectivity index is 1.39. The predicted molar refractivity (Wildman–Crippen MR) is 116 cm³/mol. The molecule has 1 amide bonds. The van der Waals surface area contributed by atoms with Crippen LogP contribution in [-0.4, -0.2) is 28.7 Å². The van der Waals surface area contributed by atoms with Gasteiger partial charge in [0.1, 0.15) is 11.1 Å². The molecule has 31 heavy (non-hydrogen) atoms. The Morgan fingerprint density at radius 3 is 2.90 bits per heavy atom. The SMILES string of the molecule is CC1CCc2c(sc(NC(=O)COC(=O)Cc3n[nH]c(=O)c4ccccc34)c2C#N)C1. The molecule has 8 nitrogen and oxygen atoms in total. The third-order valence-electron chi connectivity index (χ3n) is 5.33. The number of benzene rings is 1. The highest BCUT2D eigenvalue weighted by atomic mass is 32.1. The lowest BCUT2D eigenvalue weighted by Crippen LogP contribution is -2.22. The summed E-state index contributed by atoms with van der Waals surface area (Å²) in [5.74, 6) is -0.588. The van der Waals surface area contributed by atoms with Gasteiger partial charge in [-0.05, 0) is 36.8 Å². The Morgan fingerprint density at radius 1 is 1.35 bits per heavy atom. The van der Waals surface area contributed by atoms with Gasteiger partial charge in [-0.2, -0.15) is 10.4 Å². The number of ether oxygens (including phenoxy) is 1. The summed E-state index contributed by atoms with van der Waals surface area (Å²) < 4.78 is 5.09. The lowest BCUT2D eigenvalue weighted by atomic mass is 9.89. The molecule has 1 aliphatic carbocycles. The van der Waals surface area contributed by atoms with E-state index in [1.54, 1.807) is 24.3 Å². The van der Waals surface area contributed by atoms with Gasteiger partial charge < -0.3 is 10.1 Å². The number of fused-ring (bicyclic) bond motifs is 2. The number of aromatic nitrogens is 2. The van der Waals surface area contributed by atoms with E-state index >= 15 is 0 Å². The maximum absolute atomic E-state index is 12.3. The molecule has 2 N–H and O–H groups in total. The van der Waals surface area contributed by atoms with Crippen LogP contribution in [0, 0.1) is 17.2 Å². The van der Waals surface area contributed by atoms with Gasteiger partial charge in [0.05, 0.1) is 23.1 Å². The normalized spacial score (nSPS) is 15.2. The van der Waals surface area contributed by atoms with E-state index < -0.39 is 18.5 Å². The minimum atomic E-state index is -0.639. The van der Waals surface area contributed by atoms with Crippen molar-refractivity contribution < 1.29 is 14.3 Å². The Bertz CT molecular complexity index is 1270. The van der Waals surface area contributed by atoms with Gasteiger partial charge in [0.2, 0.25) is 0 Å². The van der Waals surface area contributed by atoms with Crippen molar-refractivity contribution in [1.29, 1.82) is 5.26 Å². The van der Waals surface area contributed by atoms with Gasteiger partial charge >= 0.3 is 5.97 Å². The van der Waals surface area contributed by atoms with E-state index in [0.717, 1.165) is 29.7 Å². The first-order valence-corrected chi connectivity index (χ1v) is 10.7. The summed E-state index contributed by atoms with van der Waals surface area (Å²) in [6.07, 6.45) is 2.58. The molecule has 0 spiro atoms. The first-order chi connectivity index (χ1) is 15.0. The number of aromatic amines is 1. The number of amides is 1. The second-order valence-electron chi connectivity index (χ2n) is 7.60. The van der Waals surface area contributed by atoms with Crippen molar-refractivity contribution in [3.63, 3.8) is 0 Å². The lowest BCUT2D eigenvalue weighted by molar-refractivity contribution is -0.146. The molecule has 0 saturated heterocycles. The van der Waals surface area contributed by atoms with E-state index in [9.17, 15) is 19.6 Å². The molecule has 0 aliphatic heterocycles. The summed E-state index contributed by atoms with van der Waals surface area (Å²) in [5.41, 5.74) is 1.56. The molecule has 4 rings (SSSR count). The second-order valence-corrected chi connectivity index (χ2v) is 8.70. The molecule has 0 fully saturated rings. The van der Waals surface area contributed by atoms with E-state index in [4.69, 9.17) is 4.74 Å². The van der Waals surface area contributed by atoms with Crippen LogP contribution in [0.3, 0.4) is 0 Å². The molecule has 3 aromatic rings. The fraction of sp³-hybridized carbons (Fsp3) is 0.318. The van der Waals surface area contributed by atoms with Crippen molar-refractivity contribution in [2.24, 2.45) is 5.92 Å². The number of nitriles is 1. The Kier molecular flexibility index (Phi) is 5.82. The third-order valence-corrected chi connectivity index (χ3v) is 6.50. The average molecular weight is 436 g/mol. The Labute approximate surface area is 181 Å². The van der Waals surface area contributed by atoms with Crippen LogP contribution in [0.25, 0.3) is 10.8 Å². The Hall–Kier alpha value is -3.51. The summed E-state index contributed by atoms with van der Waals surface area (Å²) in [6.45, 7) is 1.71. The number of carbonyl (C=O) groups is 2. The van der Waals surface area contributed by atoms with E-state index in [1.807, 2.05) is 0 Å². The summed E-state index contributed by atoms with van der Waals surface area (Å²) in [7, 11) is 0. The number of H-pyrrole nitrogens is 1. The standard InChI is InChI=1S/C22H20N4O4S/c1-12-6-7-14-16(10-23)22(31-18(14)8-12)24-19(27)11-30-20(28)9-17-13-4-2-3-5-15(13)21(29)26-25-17/h2-5,12H,6-9,11H2,1H3,(H,24,27)(H,26,29). The largest absolute Gasteiger partial charge is 0.455 e. The Morgan fingerprint density at radius 2 is 2.13 bits per heavy atom. The number of nitrogens with zero attached hydrogens (tertiary/aromatic N) is 2. The minimum Gasteiger partial charge on any atom is -0.455 e. The van der Waals surface area contributed by atoms with Crippen LogP contribution >= 0.6 is 11.3 Å². The monoisotopic (exact) mass is 436 g/mol. The molecule has 2 heterocycles. The maximum Gasteiger partial charge on any atom is 0.312 e. The molecule has 0 radical (unpaired) electrons. The van der Waals surface area contributed by atoms with Gasteiger partial charge in [-0.1, -0.05) is 25.1 Å². The molecule has 158 valence electrons. The summed E-state index contributed by atoms with van der Waals surface area (Å²) in [4.78, 5) is 37.5. The van der Waals surface area contributed by atoms with Gasteiger partial charge in [-0.25, -0.2) is 5.10 Å². The van der Waals surface area contributed by atoms with Crippen molar-refractivity contribution in [2.75, 3.05) is 11.9 Å². The molecule has 1 aliphatic rings. The van der Waals surface area contributed by atoms with E-state index in [1.165, 1.54) is 11.3 Å². The molecule has 9 heteroatoms. The summed E-state index contributed by atoms with van der Waals surface area (Å²) in [5, 5.41) is 20.0. The van der Waals surface area contributed by atoms with Crippen LogP contribution in [0.15, 0.2) is 29.1 Å². The van der Waals surface area contributed by atoms with Crippen molar-refractivity contribution in [3.8, 4) is 6.07 Å². The first kappa shape index (κ1) is 20.8. The number of esters is 1. The number of carbonyl (C=O) groups excluding carboxylic acids is 2. The van der Waals surface area contributed by atoms with Crippen LogP contribution < -0.4 is 10.9 Å². The van der Waals surface area contributed by atoms with Crippen LogP contribution in [0.4, 0.5) is 5.00 Å². The number of anilines is 1. The highest BCUT2D eigenvalue weighted by Crippen LogP contribution is 2.39. The maximum atomic E-state index is 12.3. The number of rotatable bonds is 5. The predicted octanol–water partition coefficient (Wildman–Crippen LogP) is 2.71. The average Bonchev–Trinajstić information content (AvgIpc) is 3.10. The molecule has 1 unspecified atom stereocenters. The van der Waals surface area contributed by atoms with Gasteiger partial charge in [0.15, 0.2) is 6.61 Å². The molecule has 1 atom stereocenters. The molecule has 1 aromatic carbocycles. The van der Waals surface area contributed by atoms with Crippen LogP contribution in [-0.2, 0) is 33.6 Å².